The van der Waals surface area contributed by atoms with Crippen molar-refractivity contribution in [1.82, 2.24) is 19.2 Å². The van der Waals surface area contributed by atoms with E-state index < -0.39 is 0 Å². The van der Waals surface area contributed by atoms with Crippen molar-refractivity contribution < 1.29 is 0 Å². The van der Waals surface area contributed by atoms with Gasteiger partial charge in [0.15, 0.2) is 10.6 Å². The van der Waals surface area contributed by atoms with Gasteiger partial charge in [-0.2, -0.15) is 5.10 Å². The van der Waals surface area contributed by atoms with Gasteiger partial charge in [0.25, 0.3) is 0 Å². The molecule has 0 atom stereocenters. The highest BCUT2D eigenvalue weighted by molar-refractivity contribution is 7.71. The Hall–Kier alpha value is -2.15. The molecule has 0 bridgehead atoms. The number of anilines is 1. The zero-order valence-electron chi connectivity index (χ0n) is 16.8. The van der Waals surface area contributed by atoms with Gasteiger partial charge in [-0.1, -0.05) is 23.7 Å². The van der Waals surface area contributed by atoms with Gasteiger partial charge < -0.3 is 9.47 Å². The fourth-order valence-electron chi connectivity index (χ4n) is 3.12. The average molecular weight is 416 g/mol. The molecular weight excluding hydrogens is 390 g/mol. The van der Waals surface area contributed by atoms with Crippen molar-refractivity contribution in [2.75, 3.05) is 26.0 Å². The van der Waals surface area contributed by atoms with Crippen LogP contribution in [0.3, 0.4) is 0 Å². The highest BCUT2D eigenvalue weighted by atomic mass is 35.5. The molecule has 0 aliphatic rings. The minimum absolute atomic E-state index is 0.627. The third-order valence-corrected chi connectivity index (χ3v) is 5.31. The van der Waals surface area contributed by atoms with E-state index in [1.165, 1.54) is 11.3 Å². The first-order valence-corrected chi connectivity index (χ1v) is 10.1. The van der Waals surface area contributed by atoms with Crippen LogP contribution < -0.4 is 4.90 Å². The van der Waals surface area contributed by atoms with Crippen LogP contribution in [0, 0.1) is 4.77 Å². The number of hydrogen-bond donors (Lipinski definition) is 0. The highest BCUT2D eigenvalue weighted by Crippen LogP contribution is 2.21. The Morgan fingerprint density at radius 3 is 2.21 bits per heavy atom. The molecule has 0 saturated carbocycles. The summed E-state index contributed by atoms with van der Waals surface area (Å²) in [6, 6.07) is 16.3. The van der Waals surface area contributed by atoms with Crippen LogP contribution in [0.2, 0.25) is 5.02 Å². The van der Waals surface area contributed by atoms with Crippen LogP contribution in [-0.2, 0) is 19.8 Å². The van der Waals surface area contributed by atoms with Crippen LogP contribution >= 0.6 is 23.8 Å². The van der Waals surface area contributed by atoms with Gasteiger partial charge in [0.05, 0.1) is 6.67 Å². The molecule has 0 amide bonds. The molecule has 1 aromatic heterocycles. The van der Waals surface area contributed by atoms with Gasteiger partial charge >= 0.3 is 0 Å². The van der Waals surface area contributed by atoms with E-state index >= 15 is 0 Å². The van der Waals surface area contributed by atoms with Crippen molar-refractivity contribution in [3.8, 4) is 11.4 Å². The van der Waals surface area contributed by atoms with Gasteiger partial charge in [0.2, 0.25) is 0 Å². The lowest BCUT2D eigenvalue weighted by Crippen LogP contribution is -2.22. The van der Waals surface area contributed by atoms with Crippen molar-refractivity contribution in [3.63, 3.8) is 0 Å². The zero-order valence-corrected chi connectivity index (χ0v) is 18.3. The number of halogens is 1. The first kappa shape index (κ1) is 20.6. The fourth-order valence-corrected chi connectivity index (χ4v) is 3.56. The first-order chi connectivity index (χ1) is 13.4. The number of benzene rings is 2. The van der Waals surface area contributed by atoms with E-state index in [1.807, 2.05) is 43.0 Å². The number of nitrogens with zero attached hydrogens (tertiary/aromatic N) is 5. The van der Waals surface area contributed by atoms with E-state index in [9.17, 15) is 0 Å². The molecule has 148 valence electrons. The summed E-state index contributed by atoms with van der Waals surface area (Å²) in [6.45, 7) is 4.30. The molecule has 0 unspecified atom stereocenters. The first-order valence-electron chi connectivity index (χ1n) is 9.27. The van der Waals surface area contributed by atoms with E-state index in [0.29, 0.717) is 11.7 Å². The predicted molar refractivity (Wildman–Crippen MR) is 119 cm³/mol. The quantitative estimate of drug-likeness (QED) is 0.513. The normalized spacial score (nSPS) is 11.2. The topological polar surface area (TPSA) is 29.2 Å². The Morgan fingerprint density at radius 2 is 1.64 bits per heavy atom. The van der Waals surface area contributed by atoms with E-state index in [4.69, 9.17) is 28.9 Å². The van der Waals surface area contributed by atoms with E-state index in [-0.39, 0.29) is 0 Å². The molecule has 1 heterocycles. The van der Waals surface area contributed by atoms with Crippen molar-refractivity contribution in [1.29, 1.82) is 0 Å². The number of aromatic nitrogens is 3. The highest BCUT2D eigenvalue weighted by Gasteiger charge is 2.13. The maximum absolute atomic E-state index is 6.02. The van der Waals surface area contributed by atoms with Crippen LogP contribution in [0.4, 0.5) is 5.69 Å². The molecule has 0 radical (unpaired) electrons. The summed E-state index contributed by atoms with van der Waals surface area (Å²) in [5.41, 5.74) is 3.47. The largest absolute Gasteiger partial charge is 0.378 e. The van der Waals surface area contributed by atoms with Crippen molar-refractivity contribution in [2.24, 2.45) is 0 Å². The lowest BCUT2D eigenvalue weighted by atomic mass is 10.2. The summed E-state index contributed by atoms with van der Waals surface area (Å²) in [6.07, 6.45) is 0. The Balaban J connectivity index is 1.78. The predicted octanol–water partition coefficient (Wildman–Crippen LogP) is 4.91. The second kappa shape index (κ2) is 8.90. The molecule has 28 heavy (non-hydrogen) atoms. The molecular formula is C21H26ClN5S. The van der Waals surface area contributed by atoms with Crippen LogP contribution in [-0.4, -0.2) is 40.4 Å². The maximum atomic E-state index is 6.02. The summed E-state index contributed by atoms with van der Waals surface area (Å²) in [7, 11) is 6.17. The maximum Gasteiger partial charge on any atom is 0.199 e. The standard InChI is InChI=1S/C21H26ClN5S/c1-5-26-20(17-8-10-18(22)11-9-17)23-27(21(26)28)15-25(4)14-16-6-12-19(13-7-16)24(2)3/h6-13H,5,14-15H2,1-4H3. The second-order valence-corrected chi connectivity index (χ2v) is 7.87. The Bertz CT molecular complexity index is 974. The van der Waals surface area contributed by atoms with Crippen LogP contribution in [0.15, 0.2) is 48.5 Å². The van der Waals surface area contributed by atoms with Crippen molar-refractivity contribution >= 4 is 29.5 Å². The zero-order chi connectivity index (χ0) is 20.3. The van der Waals surface area contributed by atoms with Gasteiger partial charge in [-0.3, -0.25) is 4.90 Å². The molecule has 0 spiro atoms. The Kier molecular flexibility index (Phi) is 6.54. The minimum atomic E-state index is 0.627. The molecule has 0 aliphatic carbocycles. The van der Waals surface area contributed by atoms with Gasteiger partial charge in [-0.15, -0.1) is 0 Å². The third-order valence-electron chi connectivity index (χ3n) is 4.62. The van der Waals surface area contributed by atoms with Crippen molar-refractivity contribution in [2.45, 2.75) is 26.7 Å². The third kappa shape index (κ3) is 4.63. The monoisotopic (exact) mass is 415 g/mol. The van der Waals surface area contributed by atoms with E-state index in [0.717, 1.165) is 29.2 Å². The fraction of sp³-hybridized carbons (Fsp3) is 0.333. The van der Waals surface area contributed by atoms with Gasteiger partial charge in [-0.05, 0) is 68.2 Å². The molecule has 0 fully saturated rings. The van der Waals surface area contributed by atoms with Crippen LogP contribution in [0.5, 0.6) is 0 Å². The lowest BCUT2D eigenvalue weighted by molar-refractivity contribution is 0.244. The Morgan fingerprint density at radius 1 is 1.00 bits per heavy atom. The summed E-state index contributed by atoms with van der Waals surface area (Å²) < 4.78 is 4.66. The van der Waals surface area contributed by atoms with Gasteiger partial charge in [-0.25, -0.2) is 4.68 Å². The molecule has 2 aromatic carbocycles. The summed E-state index contributed by atoms with van der Waals surface area (Å²) in [4.78, 5) is 4.31. The minimum Gasteiger partial charge on any atom is -0.378 e. The van der Waals surface area contributed by atoms with E-state index in [2.05, 4.69) is 52.6 Å². The molecule has 3 aromatic rings. The van der Waals surface area contributed by atoms with Crippen molar-refractivity contribution in [3.05, 3.63) is 63.9 Å². The SMILES string of the molecule is CCn1c(-c2ccc(Cl)cc2)nn(CN(C)Cc2ccc(N(C)C)cc2)c1=S. The van der Waals surface area contributed by atoms with Crippen LogP contribution in [0.1, 0.15) is 12.5 Å². The Labute approximate surface area is 176 Å². The number of hydrogen-bond acceptors (Lipinski definition) is 4. The molecule has 0 saturated heterocycles. The summed E-state index contributed by atoms with van der Waals surface area (Å²) in [5, 5.41) is 5.50. The summed E-state index contributed by atoms with van der Waals surface area (Å²) >= 11 is 11.7. The van der Waals surface area contributed by atoms with Crippen LogP contribution in [0.25, 0.3) is 11.4 Å². The van der Waals surface area contributed by atoms with Gasteiger partial charge in [0.1, 0.15) is 0 Å². The molecule has 0 N–H and O–H groups in total. The van der Waals surface area contributed by atoms with Gasteiger partial charge in [0, 0.05) is 43.5 Å². The smallest absolute Gasteiger partial charge is 0.199 e. The second-order valence-electron chi connectivity index (χ2n) is 7.07. The molecule has 7 heteroatoms. The molecule has 5 nitrogen and oxygen atoms in total. The number of rotatable bonds is 7. The summed E-state index contributed by atoms with van der Waals surface area (Å²) in [5.74, 6) is 0.868. The lowest BCUT2D eigenvalue weighted by Gasteiger charge is -2.18. The van der Waals surface area contributed by atoms with E-state index in [1.54, 1.807) is 0 Å². The average Bonchev–Trinajstić information content (AvgIpc) is 2.98. The molecule has 0 aliphatic heterocycles. The molecule has 3 rings (SSSR count).